The van der Waals surface area contributed by atoms with Gasteiger partial charge in [0.05, 0.1) is 17.4 Å². The molecule has 2 aromatic carbocycles. The van der Waals surface area contributed by atoms with Crippen LogP contribution in [0.4, 0.5) is 5.95 Å². The van der Waals surface area contributed by atoms with Crippen molar-refractivity contribution in [3.05, 3.63) is 70.5 Å². The summed E-state index contributed by atoms with van der Waals surface area (Å²) in [5, 5.41) is 9.70. The van der Waals surface area contributed by atoms with Crippen LogP contribution >= 0.6 is 0 Å². The molecule has 0 atom stereocenters. The van der Waals surface area contributed by atoms with E-state index in [4.69, 9.17) is 0 Å². The second-order valence-corrected chi connectivity index (χ2v) is 7.43. The van der Waals surface area contributed by atoms with Crippen LogP contribution in [0.3, 0.4) is 0 Å². The van der Waals surface area contributed by atoms with Crippen molar-refractivity contribution in [1.82, 2.24) is 19.2 Å². The molecule has 28 heavy (non-hydrogen) atoms. The van der Waals surface area contributed by atoms with Crippen LogP contribution in [0.5, 0.6) is 0 Å². The Hall–Kier alpha value is -3.15. The van der Waals surface area contributed by atoms with Crippen molar-refractivity contribution in [1.29, 1.82) is 0 Å². The van der Waals surface area contributed by atoms with E-state index in [-0.39, 0.29) is 5.56 Å². The molecule has 0 bridgehead atoms. The van der Waals surface area contributed by atoms with Crippen LogP contribution in [-0.2, 0) is 6.54 Å². The lowest BCUT2D eigenvalue weighted by Crippen LogP contribution is -2.28. The van der Waals surface area contributed by atoms with Crippen molar-refractivity contribution in [2.45, 2.75) is 32.2 Å². The summed E-state index contributed by atoms with van der Waals surface area (Å²) >= 11 is 0. The van der Waals surface area contributed by atoms with Gasteiger partial charge in [0.15, 0.2) is 0 Å². The molecule has 1 aliphatic rings. The lowest BCUT2D eigenvalue weighted by Gasteiger charge is -2.21. The van der Waals surface area contributed by atoms with E-state index in [9.17, 15) is 4.79 Å². The normalized spacial score (nSPS) is 15.2. The predicted molar refractivity (Wildman–Crippen MR) is 111 cm³/mol. The summed E-state index contributed by atoms with van der Waals surface area (Å²) < 4.78 is 3.80. The largest absolute Gasteiger partial charge is 0.341 e. The topological polar surface area (TPSA) is 55.4 Å². The number of aromatic nitrogens is 4. The summed E-state index contributed by atoms with van der Waals surface area (Å²) in [4.78, 5) is 15.6. The second-order valence-electron chi connectivity index (χ2n) is 7.43. The van der Waals surface area contributed by atoms with Gasteiger partial charge >= 0.3 is 0 Å². The maximum atomic E-state index is 13.3. The van der Waals surface area contributed by atoms with Crippen LogP contribution in [0.2, 0.25) is 0 Å². The zero-order valence-electron chi connectivity index (χ0n) is 15.8. The molecule has 1 saturated heterocycles. The monoisotopic (exact) mass is 373 g/mol. The molecule has 4 aromatic rings. The van der Waals surface area contributed by atoms with Crippen LogP contribution in [0.15, 0.2) is 59.4 Å². The first-order valence-corrected chi connectivity index (χ1v) is 9.98. The molecule has 0 saturated carbocycles. The Kier molecular flexibility index (Phi) is 4.31. The summed E-state index contributed by atoms with van der Waals surface area (Å²) in [5.74, 6) is 1.45. The number of anilines is 1. The summed E-state index contributed by atoms with van der Waals surface area (Å²) in [5.41, 5.74) is 1.92. The Bertz CT molecular complexity index is 1170. The average Bonchev–Trinajstić information content (AvgIpc) is 2.99. The van der Waals surface area contributed by atoms with E-state index in [0.717, 1.165) is 43.0 Å². The summed E-state index contributed by atoms with van der Waals surface area (Å²) in [6.45, 7) is 2.44. The van der Waals surface area contributed by atoms with Gasteiger partial charge in [-0.15, -0.1) is 10.2 Å². The van der Waals surface area contributed by atoms with Crippen LogP contribution in [0, 0.1) is 0 Å². The van der Waals surface area contributed by atoms with E-state index in [0.29, 0.717) is 17.7 Å². The highest BCUT2D eigenvalue weighted by Gasteiger charge is 2.21. The van der Waals surface area contributed by atoms with Crippen LogP contribution in [-0.4, -0.2) is 32.3 Å². The minimum absolute atomic E-state index is 0.0261. The number of rotatable bonds is 3. The Balaban J connectivity index is 1.75. The molecule has 3 heterocycles. The van der Waals surface area contributed by atoms with Crippen LogP contribution in [0.1, 0.15) is 31.2 Å². The zero-order chi connectivity index (χ0) is 18.9. The molecular weight excluding hydrogens is 350 g/mol. The van der Waals surface area contributed by atoms with Gasteiger partial charge in [-0.1, -0.05) is 55.3 Å². The minimum Gasteiger partial charge on any atom is -0.341 e. The molecule has 2 aromatic heterocycles. The molecule has 5 rings (SSSR count). The summed E-state index contributed by atoms with van der Waals surface area (Å²) in [6, 6.07) is 17.8. The minimum atomic E-state index is -0.0261. The number of fused-ring (bicyclic) bond motifs is 3. The fraction of sp³-hybridized carbons (Fsp3) is 0.318. The van der Waals surface area contributed by atoms with Crippen molar-refractivity contribution < 1.29 is 0 Å². The molecule has 142 valence electrons. The Morgan fingerprint density at radius 2 is 1.54 bits per heavy atom. The van der Waals surface area contributed by atoms with Gasteiger partial charge in [-0.05, 0) is 30.5 Å². The number of nitrogens with zero attached hydrogens (tertiary/aromatic N) is 5. The first kappa shape index (κ1) is 17.0. The molecule has 1 aliphatic heterocycles. The average molecular weight is 373 g/mol. The fourth-order valence-electron chi connectivity index (χ4n) is 4.13. The van der Waals surface area contributed by atoms with Crippen molar-refractivity contribution in [3.8, 4) is 0 Å². The first-order valence-electron chi connectivity index (χ1n) is 9.98. The van der Waals surface area contributed by atoms with E-state index in [1.807, 2.05) is 54.6 Å². The highest BCUT2D eigenvalue weighted by molar-refractivity contribution is 5.81. The Labute approximate surface area is 163 Å². The van der Waals surface area contributed by atoms with E-state index in [1.165, 1.54) is 12.8 Å². The van der Waals surface area contributed by atoms with E-state index >= 15 is 0 Å². The Morgan fingerprint density at radius 3 is 2.32 bits per heavy atom. The van der Waals surface area contributed by atoms with Crippen LogP contribution in [0.25, 0.3) is 16.7 Å². The molecule has 6 nitrogen and oxygen atoms in total. The van der Waals surface area contributed by atoms with Gasteiger partial charge in [-0.3, -0.25) is 9.36 Å². The van der Waals surface area contributed by atoms with Crippen molar-refractivity contribution in [3.63, 3.8) is 0 Å². The SMILES string of the molecule is O=c1c2ccccc2n2c(N3CCCCCC3)nnc2n1Cc1ccccc1. The van der Waals surface area contributed by atoms with Gasteiger partial charge in [0.2, 0.25) is 11.7 Å². The number of para-hydroxylation sites is 1. The molecule has 0 spiro atoms. The van der Waals surface area contributed by atoms with E-state index in [2.05, 4.69) is 19.5 Å². The third kappa shape index (κ3) is 2.85. The van der Waals surface area contributed by atoms with Crippen molar-refractivity contribution in [2.75, 3.05) is 18.0 Å². The molecule has 0 unspecified atom stereocenters. The highest BCUT2D eigenvalue weighted by Crippen LogP contribution is 2.23. The van der Waals surface area contributed by atoms with Gasteiger partial charge in [0, 0.05) is 13.1 Å². The smallest absolute Gasteiger partial charge is 0.263 e. The third-order valence-corrected chi connectivity index (χ3v) is 5.56. The fourth-order valence-corrected chi connectivity index (χ4v) is 4.13. The van der Waals surface area contributed by atoms with E-state index < -0.39 is 0 Å². The molecule has 0 amide bonds. The predicted octanol–water partition coefficient (Wildman–Crippen LogP) is 3.47. The molecule has 0 radical (unpaired) electrons. The molecule has 1 fully saturated rings. The maximum absolute atomic E-state index is 13.3. The summed E-state index contributed by atoms with van der Waals surface area (Å²) in [7, 11) is 0. The highest BCUT2D eigenvalue weighted by atomic mass is 16.1. The first-order chi connectivity index (χ1) is 13.8. The van der Waals surface area contributed by atoms with Gasteiger partial charge in [0.1, 0.15) is 0 Å². The van der Waals surface area contributed by atoms with Gasteiger partial charge < -0.3 is 4.90 Å². The molecule has 0 N–H and O–H groups in total. The molecule has 0 aliphatic carbocycles. The van der Waals surface area contributed by atoms with Crippen molar-refractivity contribution in [2.24, 2.45) is 0 Å². The van der Waals surface area contributed by atoms with Gasteiger partial charge in [0.25, 0.3) is 5.56 Å². The maximum Gasteiger partial charge on any atom is 0.263 e. The molecule has 6 heteroatoms. The summed E-state index contributed by atoms with van der Waals surface area (Å²) in [6.07, 6.45) is 4.84. The quantitative estimate of drug-likeness (QED) is 0.552. The van der Waals surface area contributed by atoms with Crippen LogP contribution < -0.4 is 10.5 Å². The second kappa shape index (κ2) is 7.11. The standard InChI is InChI=1S/C22H23N5O/c28-20-18-12-6-7-13-19(18)27-21(25-14-8-1-2-9-15-25)23-24-22(27)26(20)16-17-10-4-3-5-11-17/h3-7,10-13H,1-2,8-9,14-16H2. The lowest BCUT2D eigenvalue weighted by atomic mass is 10.2. The third-order valence-electron chi connectivity index (χ3n) is 5.56. The molecular formula is C22H23N5O. The number of hydrogen-bond donors (Lipinski definition) is 0. The van der Waals surface area contributed by atoms with E-state index in [1.54, 1.807) is 4.57 Å². The van der Waals surface area contributed by atoms with Crippen molar-refractivity contribution >= 4 is 22.6 Å². The van der Waals surface area contributed by atoms with Gasteiger partial charge in [-0.25, -0.2) is 4.40 Å². The Morgan fingerprint density at radius 1 is 0.821 bits per heavy atom. The number of benzene rings is 2. The zero-order valence-corrected chi connectivity index (χ0v) is 15.8. The lowest BCUT2D eigenvalue weighted by molar-refractivity contribution is 0.726. The van der Waals surface area contributed by atoms with Gasteiger partial charge in [-0.2, -0.15) is 0 Å². The number of hydrogen-bond acceptors (Lipinski definition) is 4.